The van der Waals surface area contributed by atoms with Crippen molar-refractivity contribution in [3.63, 3.8) is 0 Å². The molecule has 0 amide bonds. The summed E-state index contributed by atoms with van der Waals surface area (Å²) in [6.45, 7) is 2.33. The fourth-order valence-corrected chi connectivity index (χ4v) is 5.36. The Morgan fingerprint density at radius 2 is 1.18 bits per heavy atom. The number of nitrogens with zero attached hydrogens (tertiary/aromatic N) is 1. The molecule has 3 aromatic carbocycles. The zero-order chi connectivity index (χ0) is 19.2. The summed E-state index contributed by atoms with van der Waals surface area (Å²) in [4.78, 5) is 0. The maximum atomic E-state index is 5.20. The van der Waals surface area contributed by atoms with Crippen LogP contribution in [0.4, 0.5) is 0 Å². The van der Waals surface area contributed by atoms with Crippen LogP contribution in [0.1, 0.15) is 49.3 Å². The first-order valence-electron chi connectivity index (χ1n) is 10.2. The second-order valence-corrected chi connectivity index (χ2v) is 8.58. The highest BCUT2D eigenvalue weighted by atomic mass is 32.2. The van der Waals surface area contributed by atoms with Crippen LogP contribution in [0.25, 0.3) is 0 Å². The van der Waals surface area contributed by atoms with E-state index in [2.05, 4.69) is 97.9 Å². The first kappa shape index (κ1) is 19.0. The zero-order valence-corrected chi connectivity index (χ0v) is 17.2. The van der Waals surface area contributed by atoms with Crippen LogP contribution in [0.15, 0.2) is 95.4 Å². The van der Waals surface area contributed by atoms with Crippen LogP contribution in [-0.2, 0) is 4.75 Å². The van der Waals surface area contributed by atoms with E-state index in [1.807, 2.05) is 0 Å². The molecule has 1 saturated carbocycles. The number of rotatable bonds is 5. The molecule has 0 bridgehead atoms. The summed E-state index contributed by atoms with van der Waals surface area (Å²) in [6, 6.07) is 32.5. The summed E-state index contributed by atoms with van der Waals surface area (Å²) in [5.41, 5.74) is 5.17. The predicted molar refractivity (Wildman–Crippen MR) is 122 cm³/mol. The normalized spacial score (nSPS) is 18.9. The third-order valence-corrected chi connectivity index (χ3v) is 7.04. The van der Waals surface area contributed by atoms with Gasteiger partial charge in [0.2, 0.25) is 0 Å². The Kier molecular flexibility index (Phi) is 5.97. The van der Waals surface area contributed by atoms with Gasteiger partial charge in [-0.2, -0.15) is 0 Å². The lowest BCUT2D eigenvalue weighted by Gasteiger charge is -2.34. The molecule has 1 aliphatic rings. The molecule has 0 heterocycles. The van der Waals surface area contributed by atoms with E-state index in [4.69, 9.17) is 4.40 Å². The van der Waals surface area contributed by atoms with Crippen LogP contribution in [-0.4, -0.2) is 5.71 Å². The van der Waals surface area contributed by atoms with Gasteiger partial charge in [0, 0.05) is 5.71 Å². The average Bonchev–Trinajstić information content (AvgIpc) is 2.78. The standard InChI is InChI=1S/C26H27NS/c1-21-13-11-12-20-25(21)27-28-26(22-14-5-2-6-15-22,23-16-7-3-8-17-23)24-18-9-4-10-19-24/h2-10,14-19,21H,11-13,20H2,1H3/b27-25+. The van der Waals surface area contributed by atoms with E-state index in [1.54, 1.807) is 11.9 Å². The second kappa shape index (κ2) is 8.79. The third-order valence-electron chi connectivity index (χ3n) is 5.73. The lowest BCUT2D eigenvalue weighted by Crippen LogP contribution is -2.25. The Morgan fingerprint density at radius 1 is 0.714 bits per heavy atom. The Balaban J connectivity index is 1.89. The van der Waals surface area contributed by atoms with Crippen LogP contribution < -0.4 is 0 Å². The van der Waals surface area contributed by atoms with Crippen molar-refractivity contribution in [1.29, 1.82) is 0 Å². The van der Waals surface area contributed by atoms with Crippen molar-refractivity contribution < 1.29 is 0 Å². The SMILES string of the molecule is CC1CCCC/C1=N\SC(c1ccccc1)(c1ccccc1)c1ccccc1. The Hall–Kier alpha value is -2.32. The van der Waals surface area contributed by atoms with Crippen molar-refractivity contribution in [2.45, 2.75) is 37.4 Å². The molecule has 28 heavy (non-hydrogen) atoms. The molecule has 1 atom stereocenters. The second-order valence-electron chi connectivity index (χ2n) is 7.60. The Bertz CT molecular complexity index is 806. The summed E-state index contributed by atoms with van der Waals surface area (Å²) in [7, 11) is 0. The van der Waals surface area contributed by atoms with Gasteiger partial charge in [0.15, 0.2) is 0 Å². The molecule has 1 aliphatic carbocycles. The van der Waals surface area contributed by atoms with Gasteiger partial charge in [-0.15, -0.1) is 0 Å². The maximum absolute atomic E-state index is 5.20. The molecular formula is C26H27NS. The Morgan fingerprint density at radius 3 is 1.61 bits per heavy atom. The molecular weight excluding hydrogens is 358 g/mol. The molecule has 1 fully saturated rings. The maximum Gasteiger partial charge on any atom is 0.112 e. The van der Waals surface area contributed by atoms with E-state index < -0.39 is 0 Å². The lowest BCUT2D eigenvalue weighted by molar-refractivity contribution is 0.561. The quantitative estimate of drug-likeness (QED) is 0.332. The summed E-state index contributed by atoms with van der Waals surface area (Å²) in [5, 5.41) is 0. The summed E-state index contributed by atoms with van der Waals surface area (Å²) in [5.74, 6) is 0.585. The highest BCUT2D eigenvalue weighted by Crippen LogP contribution is 2.49. The van der Waals surface area contributed by atoms with Gasteiger partial charge in [0.25, 0.3) is 0 Å². The highest BCUT2D eigenvalue weighted by Gasteiger charge is 2.38. The molecule has 0 spiro atoms. The van der Waals surface area contributed by atoms with Gasteiger partial charge < -0.3 is 0 Å². The van der Waals surface area contributed by atoms with Gasteiger partial charge in [0.1, 0.15) is 4.75 Å². The molecule has 0 aromatic heterocycles. The van der Waals surface area contributed by atoms with Gasteiger partial charge in [-0.3, -0.25) is 0 Å². The summed E-state index contributed by atoms with van der Waals surface area (Å²) in [6.07, 6.45) is 4.97. The average molecular weight is 386 g/mol. The lowest BCUT2D eigenvalue weighted by atomic mass is 9.84. The first-order valence-corrected chi connectivity index (χ1v) is 11.0. The van der Waals surface area contributed by atoms with Gasteiger partial charge in [-0.25, -0.2) is 4.40 Å². The van der Waals surface area contributed by atoms with E-state index in [0.29, 0.717) is 5.92 Å². The molecule has 0 aliphatic heterocycles. The van der Waals surface area contributed by atoms with Crippen LogP contribution in [0.2, 0.25) is 0 Å². The van der Waals surface area contributed by atoms with E-state index >= 15 is 0 Å². The Labute approximate surface area is 173 Å². The fourth-order valence-electron chi connectivity index (χ4n) is 4.11. The van der Waals surface area contributed by atoms with Crippen molar-refractivity contribution in [3.8, 4) is 0 Å². The van der Waals surface area contributed by atoms with E-state index in [0.717, 1.165) is 6.42 Å². The molecule has 3 aromatic rings. The van der Waals surface area contributed by atoms with E-state index in [-0.39, 0.29) is 4.75 Å². The van der Waals surface area contributed by atoms with Crippen molar-refractivity contribution in [3.05, 3.63) is 108 Å². The summed E-state index contributed by atoms with van der Waals surface area (Å²) >= 11 is 1.73. The molecule has 0 N–H and O–H groups in total. The zero-order valence-electron chi connectivity index (χ0n) is 16.4. The van der Waals surface area contributed by atoms with Gasteiger partial charge in [-0.1, -0.05) is 104 Å². The molecule has 0 radical (unpaired) electrons. The van der Waals surface area contributed by atoms with Crippen LogP contribution >= 0.6 is 11.9 Å². The number of hydrogen-bond donors (Lipinski definition) is 0. The van der Waals surface area contributed by atoms with Crippen LogP contribution in [0.3, 0.4) is 0 Å². The first-order chi connectivity index (χ1) is 13.8. The van der Waals surface area contributed by atoms with Crippen LogP contribution in [0.5, 0.6) is 0 Å². The monoisotopic (exact) mass is 385 g/mol. The predicted octanol–water partition coefficient (Wildman–Crippen LogP) is 7.28. The fraction of sp³-hybridized carbons (Fsp3) is 0.269. The minimum absolute atomic E-state index is 0.353. The molecule has 142 valence electrons. The molecule has 0 saturated heterocycles. The molecule has 1 nitrogen and oxygen atoms in total. The van der Waals surface area contributed by atoms with Gasteiger partial charge in [-0.05, 0) is 53.8 Å². The minimum Gasteiger partial charge on any atom is -0.224 e. The smallest absolute Gasteiger partial charge is 0.112 e. The van der Waals surface area contributed by atoms with E-state index in [9.17, 15) is 0 Å². The van der Waals surface area contributed by atoms with Crippen molar-refractivity contribution in [2.75, 3.05) is 0 Å². The van der Waals surface area contributed by atoms with Crippen molar-refractivity contribution in [1.82, 2.24) is 0 Å². The highest BCUT2D eigenvalue weighted by molar-refractivity contribution is 7.99. The van der Waals surface area contributed by atoms with Gasteiger partial charge in [0.05, 0.1) is 0 Å². The van der Waals surface area contributed by atoms with E-state index in [1.165, 1.54) is 41.7 Å². The minimum atomic E-state index is -0.353. The number of benzene rings is 3. The molecule has 2 heteroatoms. The number of hydrogen-bond acceptors (Lipinski definition) is 2. The largest absolute Gasteiger partial charge is 0.224 e. The molecule has 4 rings (SSSR count). The third kappa shape index (κ3) is 3.79. The topological polar surface area (TPSA) is 12.4 Å². The van der Waals surface area contributed by atoms with Gasteiger partial charge >= 0.3 is 0 Å². The van der Waals surface area contributed by atoms with Crippen molar-refractivity contribution in [2.24, 2.45) is 10.3 Å². The molecule has 1 unspecified atom stereocenters. The van der Waals surface area contributed by atoms with Crippen LogP contribution in [0, 0.1) is 5.92 Å². The summed E-state index contributed by atoms with van der Waals surface area (Å²) < 4.78 is 4.85. The van der Waals surface area contributed by atoms with Crippen molar-refractivity contribution >= 4 is 17.7 Å².